The van der Waals surface area contributed by atoms with E-state index in [0.717, 1.165) is 35.5 Å². The summed E-state index contributed by atoms with van der Waals surface area (Å²) in [6.07, 6.45) is 9.37. The summed E-state index contributed by atoms with van der Waals surface area (Å²) in [6.45, 7) is 2.92. The molecule has 0 atom stereocenters. The molecule has 6 nitrogen and oxygen atoms in total. The Morgan fingerprint density at radius 3 is 2.23 bits per heavy atom. The molecule has 136 valence electrons. The smallest absolute Gasteiger partial charge is 0.254 e. The second-order valence-electron chi connectivity index (χ2n) is 8.49. The first kappa shape index (κ1) is 16.0. The standard InChI is InChI=1S/C20H25N5O/c1-2-24(20-10-14-7-15(11-20)9-16(8-14)12-20)19(26)17-3-5-18(6-4-17)25-13-21-22-23-25/h3-6,13-16H,2,7-12H2,1H3. The highest BCUT2D eigenvalue weighted by Gasteiger charge is 2.54. The maximum atomic E-state index is 13.4. The molecule has 6 rings (SSSR count). The first-order valence-electron chi connectivity index (χ1n) is 9.82. The average Bonchev–Trinajstić information content (AvgIpc) is 3.15. The Hall–Kier alpha value is -2.24. The zero-order valence-electron chi connectivity index (χ0n) is 15.2. The van der Waals surface area contributed by atoms with Crippen LogP contribution in [0.4, 0.5) is 0 Å². The molecule has 2 aromatic rings. The van der Waals surface area contributed by atoms with Crippen molar-refractivity contribution in [3.63, 3.8) is 0 Å². The third-order valence-electron chi connectivity index (χ3n) is 6.87. The second kappa shape index (κ2) is 5.89. The van der Waals surface area contributed by atoms with Crippen LogP contribution in [-0.2, 0) is 0 Å². The Kier molecular flexibility index (Phi) is 3.62. The highest BCUT2D eigenvalue weighted by molar-refractivity contribution is 5.95. The maximum absolute atomic E-state index is 13.4. The van der Waals surface area contributed by atoms with Crippen LogP contribution in [0.3, 0.4) is 0 Å². The van der Waals surface area contributed by atoms with E-state index in [1.807, 2.05) is 24.3 Å². The number of carbonyl (C=O) groups is 1. The molecule has 4 aliphatic carbocycles. The van der Waals surface area contributed by atoms with E-state index in [9.17, 15) is 4.79 Å². The van der Waals surface area contributed by atoms with Crippen LogP contribution < -0.4 is 0 Å². The van der Waals surface area contributed by atoms with Gasteiger partial charge in [0.05, 0.1) is 5.69 Å². The van der Waals surface area contributed by atoms with E-state index in [0.29, 0.717) is 0 Å². The molecule has 26 heavy (non-hydrogen) atoms. The molecule has 1 aromatic carbocycles. The Labute approximate surface area is 153 Å². The lowest BCUT2D eigenvalue weighted by atomic mass is 9.52. The summed E-state index contributed by atoms with van der Waals surface area (Å²) in [4.78, 5) is 15.6. The summed E-state index contributed by atoms with van der Waals surface area (Å²) in [7, 11) is 0. The lowest BCUT2D eigenvalue weighted by Crippen LogP contribution is -2.61. The van der Waals surface area contributed by atoms with Crippen LogP contribution in [0.25, 0.3) is 5.69 Å². The molecule has 0 unspecified atom stereocenters. The highest BCUT2D eigenvalue weighted by atomic mass is 16.2. The zero-order chi connectivity index (χ0) is 17.7. The van der Waals surface area contributed by atoms with Crippen molar-refractivity contribution in [1.29, 1.82) is 0 Å². The van der Waals surface area contributed by atoms with Gasteiger partial charge in [-0.3, -0.25) is 4.79 Å². The molecule has 1 heterocycles. The van der Waals surface area contributed by atoms with Gasteiger partial charge in [0.2, 0.25) is 0 Å². The van der Waals surface area contributed by atoms with Gasteiger partial charge in [-0.05, 0) is 97.9 Å². The zero-order valence-corrected chi connectivity index (χ0v) is 15.2. The highest BCUT2D eigenvalue weighted by Crippen LogP contribution is 2.57. The first-order chi connectivity index (χ1) is 12.7. The average molecular weight is 351 g/mol. The van der Waals surface area contributed by atoms with E-state index < -0.39 is 0 Å². The lowest BCUT2D eigenvalue weighted by molar-refractivity contribution is -0.0731. The Balaban J connectivity index is 1.41. The minimum atomic E-state index is 0.106. The van der Waals surface area contributed by atoms with Gasteiger partial charge in [-0.15, -0.1) is 5.10 Å². The SMILES string of the molecule is CCN(C(=O)c1ccc(-n2cnnn2)cc1)C12CC3CC(CC(C3)C1)C2. The Morgan fingerprint density at radius 2 is 1.73 bits per heavy atom. The number of aromatic nitrogens is 4. The number of carbonyl (C=O) groups excluding carboxylic acids is 1. The van der Waals surface area contributed by atoms with E-state index >= 15 is 0 Å². The predicted molar refractivity (Wildman–Crippen MR) is 96.8 cm³/mol. The van der Waals surface area contributed by atoms with E-state index in [1.165, 1.54) is 38.5 Å². The summed E-state index contributed by atoms with van der Waals surface area (Å²) >= 11 is 0. The van der Waals surface area contributed by atoms with Crippen LogP contribution in [0.2, 0.25) is 0 Å². The predicted octanol–water partition coefficient (Wildman–Crippen LogP) is 3.09. The summed E-state index contributed by atoms with van der Waals surface area (Å²) in [5.41, 5.74) is 1.73. The van der Waals surface area contributed by atoms with Gasteiger partial charge in [0.25, 0.3) is 5.91 Å². The number of nitrogens with zero attached hydrogens (tertiary/aromatic N) is 5. The molecule has 6 heteroatoms. The summed E-state index contributed by atoms with van der Waals surface area (Å²) in [6, 6.07) is 7.64. The van der Waals surface area contributed by atoms with Crippen LogP contribution in [0, 0.1) is 17.8 Å². The molecule has 4 bridgehead atoms. The minimum absolute atomic E-state index is 0.106. The van der Waals surface area contributed by atoms with Crippen molar-refractivity contribution in [2.24, 2.45) is 17.8 Å². The number of tetrazole rings is 1. The Morgan fingerprint density at radius 1 is 1.12 bits per heavy atom. The molecule has 4 saturated carbocycles. The van der Waals surface area contributed by atoms with E-state index in [2.05, 4.69) is 27.3 Å². The fourth-order valence-electron chi connectivity index (χ4n) is 6.28. The fraction of sp³-hybridized carbons (Fsp3) is 0.600. The quantitative estimate of drug-likeness (QED) is 0.849. The van der Waals surface area contributed by atoms with Gasteiger partial charge >= 0.3 is 0 Å². The summed E-state index contributed by atoms with van der Waals surface area (Å²) in [5, 5.41) is 11.2. The molecule has 0 spiro atoms. The van der Waals surface area contributed by atoms with Gasteiger partial charge in [-0.25, -0.2) is 4.68 Å². The summed E-state index contributed by atoms with van der Waals surface area (Å²) < 4.78 is 1.60. The van der Waals surface area contributed by atoms with Crippen molar-refractivity contribution in [2.75, 3.05) is 6.54 Å². The second-order valence-corrected chi connectivity index (χ2v) is 8.49. The third-order valence-corrected chi connectivity index (χ3v) is 6.87. The van der Waals surface area contributed by atoms with Crippen molar-refractivity contribution >= 4 is 5.91 Å². The Bertz CT molecular complexity index is 763. The topological polar surface area (TPSA) is 63.9 Å². The number of amides is 1. The van der Waals surface area contributed by atoms with Crippen molar-refractivity contribution < 1.29 is 4.79 Å². The van der Waals surface area contributed by atoms with Gasteiger partial charge in [0.15, 0.2) is 0 Å². The number of hydrogen-bond acceptors (Lipinski definition) is 4. The van der Waals surface area contributed by atoms with Crippen LogP contribution >= 0.6 is 0 Å². The van der Waals surface area contributed by atoms with Gasteiger partial charge in [0, 0.05) is 17.6 Å². The largest absolute Gasteiger partial charge is 0.333 e. The van der Waals surface area contributed by atoms with Crippen LogP contribution in [0.5, 0.6) is 0 Å². The van der Waals surface area contributed by atoms with Crippen molar-refractivity contribution in [3.05, 3.63) is 36.2 Å². The van der Waals surface area contributed by atoms with E-state index in [4.69, 9.17) is 0 Å². The van der Waals surface area contributed by atoms with Crippen molar-refractivity contribution in [3.8, 4) is 5.69 Å². The van der Waals surface area contributed by atoms with Gasteiger partial charge in [0.1, 0.15) is 6.33 Å². The number of hydrogen-bond donors (Lipinski definition) is 0. The molecule has 4 fully saturated rings. The number of benzene rings is 1. The normalized spacial score (nSPS) is 32.0. The van der Waals surface area contributed by atoms with Crippen molar-refractivity contribution in [1.82, 2.24) is 25.1 Å². The van der Waals surface area contributed by atoms with Gasteiger partial charge < -0.3 is 4.90 Å². The molecular weight excluding hydrogens is 326 g/mol. The fourth-order valence-corrected chi connectivity index (χ4v) is 6.28. The summed E-state index contributed by atoms with van der Waals surface area (Å²) in [5.74, 6) is 2.69. The van der Waals surface area contributed by atoms with E-state index in [1.54, 1.807) is 11.0 Å². The molecule has 4 aliphatic rings. The van der Waals surface area contributed by atoms with Crippen LogP contribution in [0.15, 0.2) is 30.6 Å². The van der Waals surface area contributed by atoms with Crippen LogP contribution in [0.1, 0.15) is 55.8 Å². The minimum Gasteiger partial charge on any atom is -0.333 e. The molecule has 0 aliphatic heterocycles. The molecule has 0 saturated heterocycles. The van der Waals surface area contributed by atoms with E-state index in [-0.39, 0.29) is 11.4 Å². The molecule has 0 N–H and O–H groups in total. The monoisotopic (exact) mass is 351 g/mol. The maximum Gasteiger partial charge on any atom is 0.254 e. The molecule has 1 aromatic heterocycles. The molecular formula is C20H25N5O. The van der Waals surface area contributed by atoms with Gasteiger partial charge in [-0.1, -0.05) is 0 Å². The van der Waals surface area contributed by atoms with Crippen LogP contribution in [-0.4, -0.2) is 43.1 Å². The van der Waals surface area contributed by atoms with Gasteiger partial charge in [-0.2, -0.15) is 0 Å². The molecule has 1 amide bonds. The third kappa shape index (κ3) is 2.46. The first-order valence-corrected chi connectivity index (χ1v) is 9.82. The number of rotatable bonds is 4. The van der Waals surface area contributed by atoms with Crippen molar-refractivity contribution in [2.45, 2.75) is 51.0 Å². The lowest BCUT2D eigenvalue weighted by Gasteiger charge is -2.60. The molecule has 0 radical (unpaired) electrons.